The van der Waals surface area contributed by atoms with Gasteiger partial charge in [-0.25, -0.2) is 8.42 Å². The van der Waals surface area contributed by atoms with E-state index >= 15 is 0 Å². The maximum atomic E-state index is 13.4. The number of nitrogens with zero attached hydrogens (tertiary/aromatic N) is 2. The molecule has 9 heteroatoms. The van der Waals surface area contributed by atoms with Gasteiger partial charge in [-0.1, -0.05) is 37.3 Å². The van der Waals surface area contributed by atoms with Gasteiger partial charge in [0.05, 0.1) is 19.1 Å². The van der Waals surface area contributed by atoms with E-state index < -0.39 is 16.1 Å². The molecule has 0 radical (unpaired) electrons. The van der Waals surface area contributed by atoms with E-state index in [4.69, 9.17) is 4.74 Å². The number of anilines is 1. The smallest absolute Gasteiger partial charge is 0.242 e. The summed E-state index contributed by atoms with van der Waals surface area (Å²) in [6.45, 7) is 7.90. The molecule has 1 N–H and O–H groups in total. The van der Waals surface area contributed by atoms with E-state index in [0.717, 1.165) is 17.5 Å². The zero-order valence-electron chi connectivity index (χ0n) is 22.2. The number of hydrogen-bond donors (Lipinski definition) is 1. The van der Waals surface area contributed by atoms with Crippen molar-refractivity contribution in [3.63, 3.8) is 0 Å². The first-order valence-corrected chi connectivity index (χ1v) is 14.1. The van der Waals surface area contributed by atoms with Crippen molar-refractivity contribution in [3.8, 4) is 5.75 Å². The zero-order chi connectivity index (χ0) is 26.9. The van der Waals surface area contributed by atoms with Crippen LogP contribution in [0.4, 0.5) is 5.69 Å². The van der Waals surface area contributed by atoms with Gasteiger partial charge in [0.1, 0.15) is 11.8 Å². The van der Waals surface area contributed by atoms with Crippen molar-refractivity contribution in [1.29, 1.82) is 0 Å². The minimum Gasteiger partial charge on any atom is -0.497 e. The molecular weight excluding hydrogens is 478 g/mol. The maximum absolute atomic E-state index is 13.4. The van der Waals surface area contributed by atoms with Gasteiger partial charge in [0.15, 0.2) is 0 Å². The quantitative estimate of drug-likeness (QED) is 0.435. The van der Waals surface area contributed by atoms with Crippen LogP contribution in [0.15, 0.2) is 48.5 Å². The van der Waals surface area contributed by atoms with Crippen molar-refractivity contribution in [3.05, 3.63) is 59.7 Å². The Kier molecular flexibility index (Phi) is 10.8. The fraction of sp³-hybridized carbons (Fsp3) is 0.481. The Morgan fingerprint density at radius 2 is 1.69 bits per heavy atom. The Labute approximate surface area is 215 Å². The van der Waals surface area contributed by atoms with Gasteiger partial charge in [-0.05, 0) is 62.9 Å². The third-order valence-corrected chi connectivity index (χ3v) is 7.40. The molecule has 0 heterocycles. The molecule has 0 aromatic heterocycles. The number of benzene rings is 2. The molecule has 2 rings (SSSR count). The van der Waals surface area contributed by atoms with Crippen LogP contribution in [0, 0.1) is 6.92 Å². The molecule has 0 bridgehead atoms. The molecule has 0 aliphatic heterocycles. The normalized spacial score (nSPS) is 12.9. The van der Waals surface area contributed by atoms with E-state index in [9.17, 15) is 18.0 Å². The summed E-state index contributed by atoms with van der Waals surface area (Å²) in [5, 5.41) is 2.95. The molecule has 0 aliphatic rings. The number of para-hydroxylation sites is 1. The van der Waals surface area contributed by atoms with E-state index in [1.54, 1.807) is 31.1 Å². The van der Waals surface area contributed by atoms with E-state index in [1.165, 1.54) is 10.6 Å². The standard InChI is InChI=1S/C27H39N3O5S/c1-7-21(3)28-27(32)22(4)29(19-23-14-16-24(35-5)17-15-23)26(31)13-10-18-30(36(6,33)34)25-12-9-8-11-20(25)2/h8-9,11-12,14-17,21-22H,7,10,13,18-19H2,1-6H3,(H,28,32)/t21-,22+/m0/s1. The summed E-state index contributed by atoms with van der Waals surface area (Å²) in [6.07, 6.45) is 2.37. The van der Waals surface area contributed by atoms with Crippen LogP contribution in [0.2, 0.25) is 0 Å². The Balaban J connectivity index is 2.19. The molecule has 0 spiro atoms. The number of amides is 2. The second-order valence-corrected chi connectivity index (χ2v) is 11.0. The SMILES string of the molecule is CC[C@H](C)NC(=O)[C@@H](C)N(Cc1ccc(OC)cc1)C(=O)CCCN(c1ccccc1C)S(C)(=O)=O. The molecule has 0 unspecified atom stereocenters. The summed E-state index contributed by atoms with van der Waals surface area (Å²) in [5.74, 6) is 0.274. The number of ether oxygens (including phenoxy) is 1. The first kappa shape index (κ1) is 29.2. The molecule has 198 valence electrons. The Hall–Kier alpha value is -3.07. The van der Waals surface area contributed by atoms with E-state index in [0.29, 0.717) is 17.9 Å². The third kappa shape index (κ3) is 8.26. The van der Waals surface area contributed by atoms with Crippen molar-refractivity contribution in [2.45, 2.75) is 65.6 Å². The molecule has 0 saturated heterocycles. The van der Waals surface area contributed by atoms with E-state index in [2.05, 4.69) is 5.32 Å². The Morgan fingerprint density at radius 3 is 2.25 bits per heavy atom. The maximum Gasteiger partial charge on any atom is 0.242 e. The molecule has 36 heavy (non-hydrogen) atoms. The summed E-state index contributed by atoms with van der Waals surface area (Å²) in [5.41, 5.74) is 2.31. The van der Waals surface area contributed by atoms with Gasteiger partial charge in [-0.2, -0.15) is 0 Å². The van der Waals surface area contributed by atoms with Gasteiger partial charge in [-0.3, -0.25) is 13.9 Å². The highest BCUT2D eigenvalue weighted by atomic mass is 32.2. The molecule has 2 aromatic rings. The fourth-order valence-corrected chi connectivity index (χ4v) is 4.82. The highest BCUT2D eigenvalue weighted by Crippen LogP contribution is 2.23. The van der Waals surface area contributed by atoms with Crippen LogP contribution in [0.1, 0.15) is 51.2 Å². The summed E-state index contributed by atoms with van der Waals surface area (Å²) in [6, 6.07) is 13.9. The number of sulfonamides is 1. The lowest BCUT2D eigenvalue weighted by molar-refractivity contribution is -0.140. The number of nitrogens with one attached hydrogen (secondary N) is 1. The predicted molar refractivity (Wildman–Crippen MR) is 144 cm³/mol. The van der Waals surface area contributed by atoms with Gasteiger partial charge in [0.25, 0.3) is 0 Å². The van der Waals surface area contributed by atoms with E-state index in [1.807, 2.05) is 57.2 Å². The molecule has 0 fully saturated rings. The Bertz CT molecular complexity index is 1120. The molecule has 0 saturated carbocycles. The van der Waals surface area contributed by atoms with Gasteiger partial charge >= 0.3 is 0 Å². The third-order valence-electron chi connectivity index (χ3n) is 6.22. The second kappa shape index (κ2) is 13.3. The molecule has 2 amide bonds. The summed E-state index contributed by atoms with van der Waals surface area (Å²) >= 11 is 0. The first-order valence-electron chi connectivity index (χ1n) is 12.2. The number of carbonyl (C=O) groups is 2. The van der Waals surface area contributed by atoms with Crippen LogP contribution >= 0.6 is 0 Å². The van der Waals surface area contributed by atoms with Crippen LogP contribution in [-0.2, 0) is 26.2 Å². The molecule has 8 nitrogen and oxygen atoms in total. The average Bonchev–Trinajstić information content (AvgIpc) is 2.84. The van der Waals surface area contributed by atoms with Crippen LogP contribution in [-0.4, -0.2) is 57.1 Å². The largest absolute Gasteiger partial charge is 0.497 e. The van der Waals surface area contributed by atoms with Gasteiger partial charge in [-0.15, -0.1) is 0 Å². The monoisotopic (exact) mass is 517 g/mol. The second-order valence-electron chi connectivity index (χ2n) is 9.09. The highest BCUT2D eigenvalue weighted by Gasteiger charge is 2.27. The van der Waals surface area contributed by atoms with Gasteiger partial charge in [0.2, 0.25) is 21.8 Å². The first-order chi connectivity index (χ1) is 17.0. The number of rotatable bonds is 13. The highest BCUT2D eigenvalue weighted by molar-refractivity contribution is 7.92. The van der Waals surface area contributed by atoms with E-state index in [-0.39, 0.29) is 37.4 Å². The molecular formula is C27H39N3O5S. The summed E-state index contributed by atoms with van der Waals surface area (Å²) < 4.78 is 31.5. The zero-order valence-corrected chi connectivity index (χ0v) is 23.0. The lowest BCUT2D eigenvalue weighted by Crippen LogP contribution is -2.49. The topological polar surface area (TPSA) is 96.0 Å². The average molecular weight is 518 g/mol. The Morgan fingerprint density at radius 1 is 1.06 bits per heavy atom. The van der Waals surface area contributed by atoms with Crippen molar-refractivity contribution in [2.24, 2.45) is 0 Å². The van der Waals surface area contributed by atoms with Crippen LogP contribution in [0.5, 0.6) is 5.75 Å². The van der Waals surface area contributed by atoms with Gasteiger partial charge < -0.3 is 15.0 Å². The fourth-order valence-electron chi connectivity index (χ4n) is 3.80. The van der Waals surface area contributed by atoms with Gasteiger partial charge in [0, 0.05) is 25.6 Å². The minimum atomic E-state index is -3.53. The lowest BCUT2D eigenvalue weighted by atomic mass is 10.1. The minimum absolute atomic E-state index is 0.00433. The van der Waals surface area contributed by atoms with Crippen molar-refractivity contribution in [1.82, 2.24) is 10.2 Å². The van der Waals surface area contributed by atoms with Crippen molar-refractivity contribution < 1.29 is 22.7 Å². The van der Waals surface area contributed by atoms with Crippen LogP contribution in [0.3, 0.4) is 0 Å². The van der Waals surface area contributed by atoms with Crippen LogP contribution < -0.4 is 14.4 Å². The lowest BCUT2D eigenvalue weighted by Gasteiger charge is -2.30. The molecule has 2 aromatic carbocycles. The predicted octanol–water partition coefficient (Wildman–Crippen LogP) is 3.88. The van der Waals surface area contributed by atoms with Crippen molar-refractivity contribution in [2.75, 3.05) is 24.2 Å². The number of methoxy groups -OCH3 is 1. The molecule has 0 aliphatic carbocycles. The number of carbonyl (C=O) groups excluding carboxylic acids is 2. The number of aryl methyl sites for hydroxylation is 1. The number of hydrogen-bond acceptors (Lipinski definition) is 5. The summed E-state index contributed by atoms with van der Waals surface area (Å²) in [4.78, 5) is 27.8. The molecule has 2 atom stereocenters. The van der Waals surface area contributed by atoms with Crippen LogP contribution in [0.25, 0.3) is 0 Å². The summed E-state index contributed by atoms with van der Waals surface area (Å²) in [7, 11) is -1.94. The van der Waals surface area contributed by atoms with Crippen molar-refractivity contribution >= 4 is 27.5 Å².